The summed E-state index contributed by atoms with van der Waals surface area (Å²) in [4.78, 5) is 24.7. The number of ether oxygens (including phenoxy) is 1. The predicted molar refractivity (Wildman–Crippen MR) is 73.8 cm³/mol. The van der Waals surface area contributed by atoms with Gasteiger partial charge in [-0.3, -0.25) is 9.59 Å². The van der Waals surface area contributed by atoms with Gasteiger partial charge in [-0.15, -0.1) is 0 Å². The molecule has 0 spiro atoms. The molecule has 0 bridgehead atoms. The van der Waals surface area contributed by atoms with Crippen molar-refractivity contribution in [3.05, 3.63) is 41.5 Å². The standard InChI is InChI=1S/C15H10O8/c16-6-4-9(18)11-10(5-6)23-15(22,14(11)21)13(20)7-2-1-3-8(17)12(7)19/h1-5,16-19,22H. The van der Waals surface area contributed by atoms with Crippen LogP contribution in [0.25, 0.3) is 0 Å². The quantitative estimate of drug-likeness (QED) is 0.308. The Bertz CT molecular complexity index is 857. The van der Waals surface area contributed by atoms with Crippen LogP contribution < -0.4 is 4.74 Å². The summed E-state index contributed by atoms with van der Waals surface area (Å²) < 4.78 is 4.92. The number of para-hydroxylation sites is 1. The second-order valence-electron chi connectivity index (χ2n) is 4.92. The van der Waals surface area contributed by atoms with Gasteiger partial charge in [-0.1, -0.05) is 6.07 Å². The molecule has 8 nitrogen and oxygen atoms in total. The molecular weight excluding hydrogens is 308 g/mol. The first kappa shape index (κ1) is 14.7. The maximum Gasteiger partial charge on any atom is 0.339 e. The van der Waals surface area contributed by atoms with Gasteiger partial charge < -0.3 is 30.3 Å². The number of benzene rings is 2. The van der Waals surface area contributed by atoms with E-state index in [0.29, 0.717) is 0 Å². The molecule has 118 valence electrons. The van der Waals surface area contributed by atoms with Gasteiger partial charge in [0.1, 0.15) is 22.8 Å². The molecule has 2 aromatic rings. The average molecular weight is 318 g/mol. The SMILES string of the molecule is O=C(c1cccc(O)c1O)C1(O)Oc2cc(O)cc(O)c2C1=O. The third-order valence-electron chi connectivity index (χ3n) is 3.43. The number of phenolic OH excluding ortho intramolecular Hbond substituents is 4. The van der Waals surface area contributed by atoms with Gasteiger partial charge in [-0.25, -0.2) is 0 Å². The number of Topliss-reactive ketones (excluding diaryl/α,β-unsaturated/α-hetero) is 2. The molecule has 1 atom stereocenters. The summed E-state index contributed by atoms with van der Waals surface area (Å²) in [5.74, 6) is -8.56. The molecule has 0 aromatic heterocycles. The lowest BCUT2D eigenvalue weighted by Crippen LogP contribution is -2.48. The van der Waals surface area contributed by atoms with Crippen LogP contribution in [0.5, 0.6) is 28.7 Å². The maximum atomic E-state index is 12.4. The number of aliphatic hydroxyl groups is 1. The number of carbonyl (C=O) groups is 2. The topological polar surface area (TPSA) is 145 Å². The van der Waals surface area contributed by atoms with E-state index in [1.807, 2.05) is 0 Å². The van der Waals surface area contributed by atoms with Crippen molar-refractivity contribution in [3.8, 4) is 28.7 Å². The van der Waals surface area contributed by atoms with Crippen molar-refractivity contribution in [2.75, 3.05) is 0 Å². The Labute approximate surface area is 128 Å². The van der Waals surface area contributed by atoms with Crippen LogP contribution in [0, 0.1) is 0 Å². The van der Waals surface area contributed by atoms with E-state index in [2.05, 4.69) is 0 Å². The Kier molecular flexibility index (Phi) is 2.94. The van der Waals surface area contributed by atoms with Gasteiger partial charge in [-0.2, -0.15) is 0 Å². The number of rotatable bonds is 2. The number of phenols is 4. The predicted octanol–water partition coefficient (Wildman–Crippen LogP) is 0.656. The summed E-state index contributed by atoms with van der Waals surface area (Å²) in [5, 5.41) is 48.5. The molecule has 5 N–H and O–H groups in total. The van der Waals surface area contributed by atoms with Crippen molar-refractivity contribution in [2.24, 2.45) is 0 Å². The molecule has 0 saturated heterocycles. The largest absolute Gasteiger partial charge is 0.508 e. The second kappa shape index (κ2) is 4.62. The molecule has 1 unspecified atom stereocenters. The first-order valence-corrected chi connectivity index (χ1v) is 6.33. The van der Waals surface area contributed by atoms with Gasteiger partial charge in [0.15, 0.2) is 11.5 Å². The molecule has 1 aliphatic rings. The number of aromatic hydroxyl groups is 4. The summed E-state index contributed by atoms with van der Waals surface area (Å²) in [5.41, 5.74) is -1.02. The minimum absolute atomic E-state index is 0.386. The van der Waals surface area contributed by atoms with E-state index in [-0.39, 0.29) is 5.75 Å². The number of hydrogen-bond acceptors (Lipinski definition) is 8. The summed E-state index contributed by atoms with van der Waals surface area (Å²) in [7, 11) is 0. The lowest BCUT2D eigenvalue weighted by Gasteiger charge is -2.19. The highest BCUT2D eigenvalue weighted by molar-refractivity contribution is 6.25. The van der Waals surface area contributed by atoms with Crippen LogP contribution in [0.2, 0.25) is 0 Å². The summed E-state index contributed by atoms with van der Waals surface area (Å²) >= 11 is 0. The van der Waals surface area contributed by atoms with Crippen molar-refractivity contribution >= 4 is 11.6 Å². The highest BCUT2D eigenvalue weighted by Crippen LogP contribution is 2.43. The Hall–Kier alpha value is -3.26. The average Bonchev–Trinajstić information content (AvgIpc) is 2.73. The zero-order valence-electron chi connectivity index (χ0n) is 11.3. The molecule has 0 aliphatic carbocycles. The second-order valence-corrected chi connectivity index (χ2v) is 4.92. The number of carbonyl (C=O) groups excluding carboxylic acids is 2. The van der Waals surface area contributed by atoms with Crippen LogP contribution in [0.3, 0.4) is 0 Å². The van der Waals surface area contributed by atoms with Crippen LogP contribution in [0.1, 0.15) is 20.7 Å². The van der Waals surface area contributed by atoms with E-state index in [4.69, 9.17) is 4.74 Å². The lowest BCUT2D eigenvalue weighted by molar-refractivity contribution is -0.0620. The Balaban J connectivity index is 2.11. The first-order chi connectivity index (χ1) is 10.8. The zero-order chi connectivity index (χ0) is 16.9. The molecule has 3 rings (SSSR count). The van der Waals surface area contributed by atoms with E-state index >= 15 is 0 Å². The number of fused-ring (bicyclic) bond motifs is 1. The molecule has 1 heterocycles. The highest BCUT2D eigenvalue weighted by atomic mass is 16.6. The zero-order valence-corrected chi connectivity index (χ0v) is 11.3. The Morgan fingerprint density at radius 3 is 2.43 bits per heavy atom. The normalized spacial score (nSPS) is 19.3. The van der Waals surface area contributed by atoms with Gasteiger partial charge in [0.05, 0.1) is 5.56 Å². The first-order valence-electron chi connectivity index (χ1n) is 6.33. The van der Waals surface area contributed by atoms with Gasteiger partial charge in [0.2, 0.25) is 11.6 Å². The minimum Gasteiger partial charge on any atom is -0.508 e. The van der Waals surface area contributed by atoms with E-state index in [1.165, 1.54) is 6.07 Å². The third kappa shape index (κ3) is 1.96. The number of ketones is 2. The molecule has 8 heteroatoms. The van der Waals surface area contributed by atoms with Gasteiger partial charge >= 0.3 is 5.79 Å². The van der Waals surface area contributed by atoms with Crippen LogP contribution in [0.4, 0.5) is 0 Å². The van der Waals surface area contributed by atoms with Crippen molar-refractivity contribution in [1.29, 1.82) is 0 Å². The number of hydrogen-bond donors (Lipinski definition) is 5. The highest BCUT2D eigenvalue weighted by Gasteiger charge is 2.55. The fourth-order valence-electron chi connectivity index (χ4n) is 2.32. The van der Waals surface area contributed by atoms with E-state index in [9.17, 15) is 35.1 Å². The smallest absolute Gasteiger partial charge is 0.339 e. The summed E-state index contributed by atoms with van der Waals surface area (Å²) in [6.07, 6.45) is 0. The molecule has 0 saturated carbocycles. The monoisotopic (exact) mass is 318 g/mol. The van der Waals surface area contributed by atoms with Crippen molar-refractivity contribution in [1.82, 2.24) is 0 Å². The van der Waals surface area contributed by atoms with Gasteiger partial charge in [0.25, 0.3) is 0 Å². The summed E-state index contributed by atoms with van der Waals surface area (Å²) in [6.45, 7) is 0. The van der Waals surface area contributed by atoms with E-state index in [0.717, 1.165) is 24.3 Å². The van der Waals surface area contributed by atoms with Crippen LogP contribution in [-0.4, -0.2) is 42.9 Å². The Morgan fingerprint density at radius 1 is 1.04 bits per heavy atom. The van der Waals surface area contributed by atoms with Crippen molar-refractivity contribution in [3.63, 3.8) is 0 Å². The van der Waals surface area contributed by atoms with Crippen molar-refractivity contribution in [2.45, 2.75) is 5.79 Å². The Morgan fingerprint density at radius 2 is 1.74 bits per heavy atom. The van der Waals surface area contributed by atoms with E-state index < -0.39 is 51.5 Å². The molecule has 1 aliphatic heterocycles. The minimum atomic E-state index is -3.03. The molecular formula is C15H10O8. The van der Waals surface area contributed by atoms with Crippen molar-refractivity contribution < 1.29 is 39.9 Å². The van der Waals surface area contributed by atoms with Crippen LogP contribution in [-0.2, 0) is 0 Å². The van der Waals surface area contributed by atoms with E-state index in [1.54, 1.807) is 0 Å². The fourth-order valence-corrected chi connectivity index (χ4v) is 2.32. The molecule has 0 radical (unpaired) electrons. The maximum absolute atomic E-state index is 12.4. The van der Waals surface area contributed by atoms with Crippen LogP contribution >= 0.6 is 0 Å². The van der Waals surface area contributed by atoms with Crippen LogP contribution in [0.15, 0.2) is 30.3 Å². The molecule has 2 aromatic carbocycles. The molecule has 23 heavy (non-hydrogen) atoms. The van der Waals surface area contributed by atoms with Gasteiger partial charge in [0, 0.05) is 12.1 Å². The third-order valence-corrected chi connectivity index (χ3v) is 3.43. The fraction of sp³-hybridized carbons (Fsp3) is 0.0667. The van der Waals surface area contributed by atoms with Gasteiger partial charge in [-0.05, 0) is 12.1 Å². The summed E-state index contributed by atoms with van der Waals surface area (Å²) in [6, 6.07) is 5.20. The lowest BCUT2D eigenvalue weighted by atomic mass is 9.96. The molecule has 0 fully saturated rings. The molecule has 0 amide bonds.